The Morgan fingerprint density at radius 2 is 1.61 bits per heavy atom. The normalized spacial score (nSPS) is 11.4. The maximum atomic E-state index is 12.6. The fourth-order valence-electron chi connectivity index (χ4n) is 3.89. The topological polar surface area (TPSA) is 105 Å². The molecule has 0 radical (unpaired) electrons. The third-order valence-electron chi connectivity index (χ3n) is 5.97. The van der Waals surface area contributed by atoms with Crippen molar-refractivity contribution in [2.24, 2.45) is 0 Å². The molecule has 3 aromatic carbocycles. The number of carboxylic acids is 1. The molecule has 0 aliphatic heterocycles. The monoisotopic (exact) mass is 600 g/mol. The van der Waals surface area contributed by atoms with Crippen LogP contribution in [0.25, 0.3) is 6.08 Å². The number of rotatable bonds is 11. The molecule has 0 bridgehead atoms. The Morgan fingerprint density at radius 3 is 2.20 bits per heavy atom. The first-order valence-corrected chi connectivity index (χ1v) is 13.0. The Hall–Kier alpha value is -3.40. The number of methoxy groups -OCH3 is 1. The molecule has 11 heteroatoms. The van der Waals surface area contributed by atoms with Crippen LogP contribution in [0.2, 0.25) is 10.0 Å². The summed E-state index contributed by atoms with van der Waals surface area (Å²) < 4.78 is 5.26. The number of nitrogens with zero attached hydrogens (tertiary/aromatic N) is 3. The predicted octanol–water partition coefficient (Wildman–Crippen LogP) is 5.77. The molecule has 4 rings (SSSR count). The second-order valence-electron chi connectivity index (χ2n) is 8.67. The number of halogens is 2. The predicted molar refractivity (Wildman–Crippen MR) is 163 cm³/mol. The molecule has 41 heavy (non-hydrogen) atoms. The van der Waals surface area contributed by atoms with Gasteiger partial charge in [0.25, 0.3) is 5.91 Å². The van der Waals surface area contributed by atoms with E-state index in [0.29, 0.717) is 12.5 Å². The molecule has 1 unspecified atom stereocenters. The molecular formula is C30H27Cl2N4NaO4. The molecule has 0 aliphatic rings. The number of carboxylic acid groups (broad SMARTS) is 1. The van der Waals surface area contributed by atoms with Crippen LogP contribution in [-0.4, -0.2) is 69.7 Å². The number of amides is 1. The summed E-state index contributed by atoms with van der Waals surface area (Å²) in [6, 6.07) is 20.7. The number of hydrogen-bond donors (Lipinski definition) is 2. The van der Waals surface area contributed by atoms with Gasteiger partial charge in [-0.3, -0.25) is 4.79 Å². The molecule has 0 spiro atoms. The Bertz CT molecular complexity index is 1470. The number of nitrogens with one attached hydrogen (secondary N) is 1. The average molecular weight is 601 g/mol. The van der Waals surface area contributed by atoms with E-state index >= 15 is 0 Å². The van der Waals surface area contributed by atoms with Gasteiger partial charge in [0, 0.05) is 18.1 Å². The van der Waals surface area contributed by atoms with E-state index in [1.165, 1.54) is 12.1 Å². The van der Waals surface area contributed by atoms with Crippen molar-refractivity contribution in [1.82, 2.24) is 15.3 Å². The van der Waals surface area contributed by atoms with Crippen LogP contribution in [0, 0.1) is 0 Å². The molecule has 0 aliphatic carbocycles. The SMILES string of the molecule is COc1ccc(CN(c2ccc(C=CCC(NC(=O)c3c(Cl)cccc3Cl)C(=O)O)cc2)c2ncccn2)cc1.[NaH]. The van der Waals surface area contributed by atoms with Crippen LogP contribution in [0.5, 0.6) is 5.75 Å². The number of carbonyl (C=O) groups is 2. The number of benzene rings is 3. The van der Waals surface area contributed by atoms with Crippen LogP contribution < -0.4 is 15.0 Å². The van der Waals surface area contributed by atoms with E-state index in [1.54, 1.807) is 43.8 Å². The van der Waals surface area contributed by atoms with E-state index in [0.717, 1.165) is 22.6 Å². The molecule has 0 saturated carbocycles. The van der Waals surface area contributed by atoms with Crippen molar-refractivity contribution in [1.29, 1.82) is 0 Å². The second-order valence-corrected chi connectivity index (χ2v) is 9.49. The van der Waals surface area contributed by atoms with Gasteiger partial charge in [-0.1, -0.05) is 65.7 Å². The first-order chi connectivity index (χ1) is 19.4. The molecular weight excluding hydrogens is 574 g/mol. The summed E-state index contributed by atoms with van der Waals surface area (Å²) in [7, 11) is 1.63. The zero-order chi connectivity index (χ0) is 28.5. The molecule has 0 fully saturated rings. The number of hydrogen-bond acceptors (Lipinski definition) is 6. The van der Waals surface area contributed by atoms with Crippen molar-refractivity contribution in [3.8, 4) is 5.75 Å². The van der Waals surface area contributed by atoms with Gasteiger partial charge in [-0.2, -0.15) is 0 Å². The van der Waals surface area contributed by atoms with Gasteiger partial charge in [0.2, 0.25) is 5.95 Å². The Balaban J connectivity index is 0.00000462. The number of aliphatic carboxylic acids is 1. The zero-order valence-corrected chi connectivity index (χ0v) is 23.0. The summed E-state index contributed by atoms with van der Waals surface area (Å²) in [5.41, 5.74) is 2.83. The van der Waals surface area contributed by atoms with Crippen LogP contribution in [0.3, 0.4) is 0 Å². The average Bonchev–Trinajstić information content (AvgIpc) is 2.96. The zero-order valence-electron chi connectivity index (χ0n) is 21.5. The van der Waals surface area contributed by atoms with E-state index in [-0.39, 0.29) is 51.6 Å². The first-order valence-electron chi connectivity index (χ1n) is 12.3. The molecule has 1 amide bonds. The number of aromatic nitrogens is 2. The number of ether oxygens (including phenoxy) is 1. The van der Waals surface area contributed by atoms with Crippen LogP contribution in [0.4, 0.5) is 11.6 Å². The van der Waals surface area contributed by atoms with Gasteiger partial charge in [-0.25, -0.2) is 14.8 Å². The fraction of sp³-hybridized carbons (Fsp3) is 0.133. The third kappa shape index (κ3) is 8.79. The molecule has 8 nitrogen and oxygen atoms in total. The summed E-state index contributed by atoms with van der Waals surface area (Å²) in [5, 5.41) is 12.4. The summed E-state index contributed by atoms with van der Waals surface area (Å²) in [5.74, 6) is -0.491. The summed E-state index contributed by atoms with van der Waals surface area (Å²) in [6.45, 7) is 0.540. The van der Waals surface area contributed by atoms with Crippen LogP contribution in [0.15, 0.2) is 91.3 Å². The van der Waals surface area contributed by atoms with Gasteiger partial charge >= 0.3 is 35.5 Å². The molecule has 2 N–H and O–H groups in total. The minimum absolute atomic E-state index is 0. The van der Waals surface area contributed by atoms with Gasteiger partial charge in [0.15, 0.2) is 0 Å². The van der Waals surface area contributed by atoms with Crippen molar-refractivity contribution >= 4 is 82.3 Å². The molecule has 0 saturated heterocycles. The van der Waals surface area contributed by atoms with Crippen molar-refractivity contribution in [2.45, 2.75) is 19.0 Å². The summed E-state index contributed by atoms with van der Waals surface area (Å²) in [6.07, 6.45) is 6.93. The van der Waals surface area contributed by atoms with Crippen LogP contribution in [0.1, 0.15) is 27.9 Å². The maximum absolute atomic E-state index is 12.6. The van der Waals surface area contributed by atoms with Gasteiger partial charge in [0.05, 0.1) is 29.3 Å². The van der Waals surface area contributed by atoms with E-state index in [9.17, 15) is 14.7 Å². The second kappa shape index (κ2) is 15.6. The van der Waals surface area contributed by atoms with Gasteiger partial charge < -0.3 is 20.1 Å². The quantitative estimate of drug-likeness (QED) is 0.211. The Labute approximate surface area is 270 Å². The molecule has 1 atom stereocenters. The van der Waals surface area contributed by atoms with Crippen LogP contribution in [-0.2, 0) is 11.3 Å². The van der Waals surface area contributed by atoms with Crippen LogP contribution >= 0.6 is 23.2 Å². The van der Waals surface area contributed by atoms with E-state index in [4.69, 9.17) is 27.9 Å². The third-order valence-corrected chi connectivity index (χ3v) is 6.60. The molecule has 1 aromatic heterocycles. The van der Waals surface area contributed by atoms with E-state index in [2.05, 4.69) is 15.3 Å². The van der Waals surface area contributed by atoms with Gasteiger partial charge in [-0.15, -0.1) is 0 Å². The molecule has 206 valence electrons. The van der Waals surface area contributed by atoms with Gasteiger partial charge in [-0.05, 0) is 60.0 Å². The Kier molecular flexibility index (Phi) is 12.2. The standard InChI is InChI=1S/C30H26Cl2N4O4.Na.H/c1-40-23-15-11-21(12-16-23)19-36(30-33-17-4-18-34-30)22-13-9-20(10-14-22)5-2-8-26(29(38)39)35-28(37)27-24(31)6-3-7-25(27)32;;/h2-7,9-18,26H,8,19H2,1H3,(H,35,37)(H,38,39);;. The van der Waals surface area contributed by atoms with Crippen molar-refractivity contribution in [3.05, 3.63) is 118 Å². The summed E-state index contributed by atoms with van der Waals surface area (Å²) in [4.78, 5) is 35.2. The van der Waals surface area contributed by atoms with E-state index in [1.807, 2.05) is 53.4 Å². The first kappa shape index (κ1) is 32.1. The van der Waals surface area contributed by atoms with E-state index < -0.39 is 17.9 Å². The fourth-order valence-corrected chi connectivity index (χ4v) is 4.46. The minimum atomic E-state index is -1.17. The summed E-state index contributed by atoms with van der Waals surface area (Å²) >= 11 is 12.2. The Morgan fingerprint density at radius 1 is 0.976 bits per heavy atom. The van der Waals surface area contributed by atoms with Gasteiger partial charge in [0.1, 0.15) is 11.8 Å². The molecule has 1 heterocycles. The number of carbonyl (C=O) groups excluding carboxylic acids is 1. The van der Waals surface area contributed by atoms with Crippen molar-refractivity contribution in [2.75, 3.05) is 12.0 Å². The van der Waals surface area contributed by atoms with Crippen molar-refractivity contribution in [3.63, 3.8) is 0 Å². The number of anilines is 2. The van der Waals surface area contributed by atoms with Crippen molar-refractivity contribution < 1.29 is 19.4 Å². The molecule has 4 aromatic rings.